The molecule has 0 amide bonds. The zero-order valence-corrected chi connectivity index (χ0v) is 24.9. The first-order valence-corrected chi connectivity index (χ1v) is 15.7. The number of aromatic nitrogens is 2. The number of primary sulfonamides is 1. The molecule has 218 valence electrons. The zero-order chi connectivity index (χ0) is 30.4. The Morgan fingerprint density at radius 1 is 1.21 bits per heavy atom. The first-order valence-electron chi connectivity index (χ1n) is 13.3. The molecule has 1 saturated carbocycles. The summed E-state index contributed by atoms with van der Waals surface area (Å²) in [5.74, 6) is 4.26. The van der Waals surface area contributed by atoms with Crippen LogP contribution in [0.2, 0.25) is 0 Å². The molecule has 4 aromatic rings. The van der Waals surface area contributed by atoms with Crippen LogP contribution >= 0.6 is 11.3 Å². The molecule has 8 nitrogen and oxygen atoms in total. The van der Waals surface area contributed by atoms with Crippen molar-refractivity contribution in [3.8, 4) is 33.7 Å². The fourth-order valence-electron chi connectivity index (χ4n) is 4.76. The molecule has 5 rings (SSSR count). The maximum absolute atomic E-state index is 14.9. The van der Waals surface area contributed by atoms with E-state index in [2.05, 4.69) is 21.4 Å². The van der Waals surface area contributed by atoms with Gasteiger partial charge in [-0.3, -0.25) is 0 Å². The Balaban J connectivity index is 1.70. The van der Waals surface area contributed by atoms with Crippen LogP contribution < -0.4 is 5.14 Å². The third kappa shape index (κ3) is 6.63. The molecule has 2 aromatic heterocycles. The van der Waals surface area contributed by atoms with Crippen LogP contribution in [-0.4, -0.2) is 39.8 Å². The maximum atomic E-state index is 14.9. The highest BCUT2D eigenvalue weighted by Gasteiger charge is 2.29. The molecule has 1 aliphatic rings. The molecular formula is C31H30FN3O5S2. The van der Waals surface area contributed by atoms with Gasteiger partial charge >= 0.3 is 5.97 Å². The second kappa shape index (κ2) is 11.1. The number of aromatic carboxylic acids is 1. The van der Waals surface area contributed by atoms with Gasteiger partial charge in [-0.1, -0.05) is 30.0 Å². The number of carboxylic acid groups (broad SMARTS) is 1. The topological polar surface area (TPSA) is 136 Å². The number of carbonyl (C=O) groups is 1. The van der Waals surface area contributed by atoms with Gasteiger partial charge in [-0.2, -0.15) is 0 Å². The summed E-state index contributed by atoms with van der Waals surface area (Å²) in [5, 5.41) is 25.5. The number of aliphatic hydroxyl groups is 1. The average Bonchev–Trinajstić information content (AvgIpc) is 3.53. The highest BCUT2D eigenvalue weighted by molar-refractivity contribution is 7.89. The monoisotopic (exact) mass is 607 g/mol. The molecule has 0 radical (unpaired) electrons. The Bertz CT molecular complexity index is 1870. The lowest BCUT2D eigenvalue weighted by atomic mass is 10.1. The van der Waals surface area contributed by atoms with Crippen molar-refractivity contribution in [2.75, 3.05) is 0 Å². The number of thiazole rings is 1. The fourth-order valence-corrected chi connectivity index (χ4v) is 6.29. The van der Waals surface area contributed by atoms with Crippen LogP contribution in [0.5, 0.6) is 0 Å². The van der Waals surface area contributed by atoms with Gasteiger partial charge in [0, 0.05) is 33.9 Å². The molecule has 42 heavy (non-hydrogen) atoms. The number of benzene rings is 2. The number of hydrogen-bond acceptors (Lipinski definition) is 6. The SMILES string of the molecule is Cc1sc(-c2cc(-c3cccc(C#CC(C)(C)O)c3)n(Cc3ccc(S(N)(=O)=O)c(F)c3)c2CC2CC2)nc1C(=O)O. The molecule has 0 atom stereocenters. The van der Waals surface area contributed by atoms with E-state index in [9.17, 15) is 27.8 Å². The van der Waals surface area contributed by atoms with Gasteiger partial charge in [-0.15, -0.1) is 11.3 Å². The summed E-state index contributed by atoms with van der Waals surface area (Å²) in [5.41, 5.74) is 3.38. The second-order valence-electron chi connectivity index (χ2n) is 11.1. The fraction of sp³-hybridized carbons (Fsp3) is 0.290. The van der Waals surface area contributed by atoms with Crippen molar-refractivity contribution >= 4 is 27.3 Å². The van der Waals surface area contributed by atoms with Crippen LogP contribution in [0.1, 0.15) is 58.9 Å². The molecule has 1 fully saturated rings. The van der Waals surface area contributed by atoms with E-state index in [1.54, 1.807) is 20.8 Å². The lowest BCUT2D eigenvalue weighted by Crippen LogP contribution is -2.15. The zero-order valence-electron chi connectivity index (χ0n) is 23.3. The Morgan fingerprint density at radius 3 is 2.55 bits per heavy atom. The number of aryl methyl sites for hydroxylation is 1. The van der Waals surface area contributed by atoms with Gasteiger partial charge in [0.15, 0.2) is 5.69 Å². The lowest BCUT2D eigenvalue weighted by Gasteiger charge is -2.16. The second-order valence-corrected chi connectivity index (χ2v) is 13.8. The summed E-state index contributed by atoms with van der Waals surface area (Å²) in [4.78, 5) is 16.3. The van der Waals surface area contributed by atoms with Gasteiger partial charge in [0.25, 0.3) is 0 Å². The number of carboxylic acids is 1. The van der Waals surface area contributed by atoms with Crippen LogP contribution in [0.4, 0.5) is 4.39 Å². The highest BCUT2D eigenvalue weighted by Crippen LogP contribution is 2.41. The quantitative estimate of drug-likeness (QED) is 0.236. The Hall–Kier alpha value is -3.82. The summed E-state index contributed by atoms with van der Waals surface area (Å²) in [6.07, 6.45) is 2.85. The van der Waals surface area contributed by atoms with E-state index >= 15 is 0 Å². The Kier molecular flexibility index (Phi) is 7.85. The smallest absolute Gasteiger partial charge is 0.355 e. The van der Waals surface area contributed by atoms with Gasteiger partial charge in [-0.25, -0.2) is 27.7 Å². The van der Waals surface area contributed by atoms with E-state index in [0.29, 0.717) is 33.4 Å². The molecule has 0 spiro atoms. The van der Waals surface area contributed by atoms with Gasteiger partial charge in [0.1, 0.15) is 21.3 Å². The van der Waals surface area contributed by atoms with Gasteiger partial charge in [0.05, 0.1) is 0 Å². The number of nitrogens with two attached hydrogens (primary N) is 1. The first-order chi connectivity index (χ1) is 19.7. The lowest BCUT2D eigenvalue weighted by molar-refractivity contribution is 0.0690. The Labute approximate surface area is 247 Å². The molecule has 2 aromatic carbocycles. The predicted molar refractivity (Wildman–Crippen MR) is 159 cm³/mol. The molecule has 0 aliphatic heterocycles. The largest absolute Gasteiger partial charge is 0.476 e. The van der Waals surface area contributed by atoms with E-state index in [4.69, 9.17) is 5.14 Å². The van der Waals surface area contributed by atoms with Gasteiger partial charge in [0.2, 0.25) is 10.0 Å². The molecule has 2 heterocycles. The molecule has 11 heteroatoms. The molecule has 1 aliphatic carbocycles. The number of nitrogens with zero attached hydrogens (tertiary/aromatic N) is 2. The minimum atomic E-state index is -4.22. The van der Waals surface area contributed by atoms with Crippen molar-refractivity contribution in [3.63, 3.8) is 0 Å². The Morgan fingerprint density at radius 2 is 1.95 bits per heavy atom. The first kappa shape index (κ1) is 29.7. The average molecular weight is 608 g/mol. The number of halogens is 1. The third-order valence-electron chi connectivity index (χ3n) is 6.93. The predicted octanol–water partition coefficient (Wildman–Crippen LogP) is 5.19. The molecule has 0 bridgehead atoms. The van der Waals surface area contributed by atoms with Crippen LogP contribution in [0.25, 0.3) is 21.8 Å². The minimum Gasteiger partial charge on any atom is -0.476 e. The van der Waals surface area contributed by atoms with Crippen molar-refractivity contribution in [3.05, 3.63) is 81.7 Å². The summed E-state index contributed by atoms with van der Waals surface area (Å²) >= 11 is 1.31. The molecular weight excluding hydrogens is 577 g/mol. The van der Waals surface area contributed by atoms with Crippen LogP contribution in [-0.2, 0) is 23.0 Å². The van der Waals surface area contributed by atoms with E-state index in [1.807, 2.05) is 30.3 Å². The van der Waals surface area contributed by atoms with Crippen molar-refractivity contribution in [2.45, 2.75) is 57.1 Å². The van der Waals surface area contributed by atoms with Crippen molar-refractivity contribution in [2.24, 2.45) is 11.1 Å². The number of sulfonamides is 1. The normalized spacial score (nSPS) is 13.6. The summed E-state index contributed by atoms with van der Waals surface area (Å²) in [7, 11) is -4.22. The van der Waals surface area contributed by atoms with Crippen LogP contribution in [0.15, 0.2) is 53.4 Å². The summed E-state index contributed by atoms with van der Waals surface area (Å²) < 4.78 is 40.5. The number of rotatable bonds is 8. The highest BCUT2D eigenvalue weighted by atomic mass is 32.2. The van der Waals surface area contributed by atoms with Crippen LogP contribution in [0.3, 0.4) is 0 Å². The summed E-state index contributed by atoms with van der Waals surface area (Å²) in [6, 6.07) is 13.4. The third-order valence-corrected chi connectivity index (χ3v) is 8.88. The van der Waals surface area contributed by atoms with E-state index in [-0.39, 0.29) is 12.2 Å². The summed E-state index contributed by atoms with van der Waals surface area (Å²) in [6.45, 7) is 5.15. The van der Waals surface area contributed by atoms with E-state index in [1.165, 1.54) is 29.5 Å². The molecule has 0 unspecified atom stereocenters. The molecule has 0 saturated heterocycles. The van der Waals surface area contributed by atoms with Crippen molar-refractivity contribution < 1.29 is 27.8 Å². The van der Waals surface area contributed by atoms with Crippen LogP contribution in [0, 0.1) is 30.5 Å². The van der Waals surface area contributed by atoms with Gasteiger partial charge in [-0.05, 0) is 87.4 Å². The molecule has 4 N–H and O–H groups in total. The van der Waals surface area contributed by atoms with E-state index < -0.39 is 32.3 Å². The standard InChI is InChI=1S/C31H30FN3O5S2/c1-18-28(30(36)37)34-29(41-18)23-16-25(22-6-4-5-19(13-22)11-12-31(2,3)38)35(26(23)15-20-7-8-20)17-21-9-10-27(24(32)14-21)42(33,39)40/h4-6,9-10,13-14,16,20,38H,7-8,15,17H2,1-3H3,(H,36,37)(H2,33,39,40). The van der Waals surface area contributed by atoms with E-state index in [0.717, 1.165) is 35.4 Å². The van der Waals surface area contributed by atoms with Crippen molar-refractivity contribution in [1.29, 1.82) is 0 Å². The van der Waals surface area contributed by atoms with Gasteiger partial charge < -0.3 is 14.8 Å². The number of hydrogen-bond donors (Lipinski definition) is 3. The maximum Gasteiger partial charge on any atom is 0.355 e. The minimum absolute atomic E-state index is 0.00576. The van der Waals surface area contributed by atoms with Crippen molar-refractivity contribution in [1.82, 2.24) is 9.55 Å².